The molecule has 0 atom stereocenters. The van der Waals surface area contributed by atoms with Crippen LogP contribution in [0, 0.1) is 0 Å². The number of para-hydroxylation sites is 1. The van der Waals surface area contributed by atoms with Crippen molar-refractivity contribution in [3.8, 4) is 22.6 Å². The molecule has 1 aromatic heterocycles. The van der Waals surface area contributed by atoms with Crippen LogP contribution in [0.2, 0.25) is 0 Å². The average molecular weight is 555 g/mol. The molecule has 0 bridgehead atoms. The van der Waals surface area contributed by atoms with Gasteiger partial charge in [0.05, 0.1) is 16.6 Å². The highest BCUT2D eigenvalue weighted by atomic mass is 32.2. The molecule has 0 saturated heterocycles. The van der Waals surface area contributed by atoms with Crippen LogP contribution in [-0.2, 0) is 5.41 Å². The van der Waals surface area contributed by atoms with Gasteiger partial charge in [-0.2, -0.15) is 0 Å². The summed E-state index contributed by atoms with van der Waals surface area (Å²) in [6, 6.07) is 56.1. The fraction of sp³-hybridized carbons (Fsp3) is 0.0256. The maximum atomic E-state index is 5.17. The van der Waals surface area contributed by atoms with Crippen molar-refractivity contribution in [3.63, 3.8) is 0 Å². The second-order valence-electron chi connectivity index (χ2n) is 10.6. The molecule has 0 N–H and O–H groups in total. The highest BCUT2D eigenvalue weighted by Gasteiger charge is 2.44. The highest BCUT2D eigenvalue weighted by Crippen LogP contribution is 2.56. The summed E-state index contributed by atoms with van der Waals surface area (Å²) in [5.41, 5.74) is 8.65. The van der Waals surface area contributed by atoms with E-state index in [1.807, 2.05) is 23.9 Å². The molecule has 6 aromatic carbocycles. The normalized spacial score (nSPS) is 13.3. The van der Waals surface area contributed by atoms with Crippen LogP contribution in [0.15, 0.2) is 168 Å². The topological polar surface area (TPSA) is 25.8 Å². The van der Waals surface area contributed by atoms with Gasteiger partial charge in [0.25, 0.3) is 0 Å². The fourth-order valence-corrected chi connectivity index (χ4v) is 7.60. The molecule has 1 aliphatic rings. The maximum absolute atomic E-state index is 5.17. The molecule has 3 heteroatoms. The van der Waals surface area contributed by atoms with Crippen LogP contribution in [0.25, 0.3) is 33.5 Å². The molecule has 0 radical (unpaired) electrons. The van der Waals surface area contributed by atoms with Crippen LogP contribution >= 0.6 is 11.8 Å². The number of benzene rings is 6. The van der Waals surface area contributed by atoms with Gasteiger partial charge in [0.15, 0.2) is 5.82 Å². The summed E-state index contributed by atoms with van der Waals surface area (Å²) in [6.45, 7) is 0. The zero-order valence-electron chi connectivity index (χ0n) is 22.8. The zero-order chi connectivity index (χ0) is 27.9. The Labute approximate surface area is 249 Å². The van der Waals surface area contributed by atoms with Crippen LogP contribution < -0.4 is 0 Å². The van der Waals surface area contributed by atoms with Gasteiger partial charge in [0.2, 0.25) is 0 Å². The quantitative estimate of drug-likeness (QED) is 0.217. The Hall–Kier alpha value is -4.99. The molecule has 0 amide bonds. The summed E-state index contributed by atoms with van der Waals surface area (Å²) in [7, 11) is 0. The molecule has 0 fully saturated rings. The SMILES string of the molecule is c1ccc(-c2nc(-c3ccc4c(c3)Sc3ccccc3C4(c3ccccc3)c3ccccc3)nc3ccccc23)cc1. The maximum Gasteiger partial charge on any atom is 0.160 e. The Morgan fingerprint density at radius 1 is 0.452 bits per heavy atom. The van der Waals surface area contributed by atoms with Crippen molar-refractivity contribution < 1.29 is 0 Å². The van der Waals surface area contributed by atoms with E-state index < -0.39 is 5.41 Å². The minimum absolute atomic E-state index is 0.447. The van der Waals surface area contributed by atoms with E-state index in [0.717, 1.165) is 33.5 Å². The van der Waals surface area contributed by atoms with Gasteiger partial charge in [-0.15, -0.1) is 0 Å². The lowest BCUT2D eigenvalue weighted by Gasteiger charge is -2.42. The molecule has 7 aromatic rings. The number of nitrogens with zero attached hydrogens (tertiary/aromatic N) is 2. The first-order valence-corrected chi connectivity index (χ1v) is 15.0. The van der Waals surface area contributed by atoms with E-state index in [1.165, 1.54) is 32.0 Å². The molecule has 198 valence electrons. The van der Waals surface area contributed by atoms with Crippen LogP contribution in [0.4, 0.5) is 0 Å². The molecular formula is C39H26N2S. The average Bonchev–Trinajstić information content (AvgIpc) is 3.07. The molecule has 0 saturated carbocycles. The van der Waals surface area contributed by atoms with Crippen molar-refractivity contribution in [2.45, 2.75) is 15.2 Å². The summed E-state index contributed by atoms with van der Waals surface area (Å²) >= 11 is 1.83. The first kappa shape index (κ1) is 24.8. The number of hydrogen-bond donors (Lipinski definition) is 0. The Bertz CT molecular complexity index is 2010. The Balaban J connectivity index is 1.38. The molecule has 2 nitrogen and oxygen atoms in total. The van der Waals surface area contributed by atoms with E-state index in [2.05, 4.69) is 146 Å². The van der Waals surface area contributed by atoms with E-state index >= 15 is 0 Å². The summed E-state index contributed by atoms with van der Waals surface area (Å²) in [4.78, 5) is 12.7. The van der Waals surface area contributed by atoms with Crippen LogP contribution in [0.3, 0.4) is 0 Å². The third-order valence-corrected chi connectivity index (χ3v) is 9.35. The van der Waals surface area contributed by atoms with E-state index in [9.17, 15) is 0 Å². The molecule has 0 spiro atoms. The summed E-state index contributed by atoms with van der Waals surface area (Å²) in [5, 5.41) is 1.06. The fourth-order valence-electron chi connectivity index (χ4n) is 6.37. The van der Waals surface area contributed by atoms with Crippen molar-refractivity contribution >= 4 is 22.7 Å². The first-order chi connectivity index (χ1) is 20.8. The van der Waals surface area contributed by atoms with Crippen molar-refractivity contribution in [1.29, 1.82) is 0 Å². The predicted octanol–water partition coefficient (Wildman–Crippen LogP) is 9.81. The summed E-state index contributed by atoms with van der Waals surface area (Å²) in [5.74, 6) is 0.736. The van der Waals surface area contributed by atoms with Crippen molar-refractivity contribution in [2.75, 3.05) is 0 Å². The minimum Gasteiger partial charge on any atom is -0.228 e. The third-order valence-electron chi connectivity index (χ3n) is 8.22. The Morgan fingerprint density at radius 2 is 1.05 bits per heavy atom. The lowest BCUT2D eigenvalue weighted by molar-refractivity contribution is 0.703. The number of fused-ring (bicyclic) bond motifs is 3. The van der Waals surface area contributed by atoms with Gasteiger partial charge in [0.1, 0.15) is 0 Å². The summed E-state index contributed by atoms with van der Waals surface area (Å²) in [6.07, 6.45) is 0. The standard InChI is InChI=1S/C39H26N2S/c1-4-14-27(15-5-1)37-31-20-10-12-22-34(31)40-38(41-37)28-24-25-33-36(26-28)42-35-23-13-11-21-32(35)39(33,29-16-6-2-7-17-29)30-18-8-3-9-19-30/h1-26H. The van der Waals surface area contributed by atoms with Gasteiger partial charge in [-0.3, -0.25) is 0 Å². The third kappa shape index (κ3) is 3.89. The molecule has 8 rings (SSSR count). The molecule has 42 heavy (non-hydrogen) atoms. The monoisotopic (exact) mass is 554 g/mol. The summed E-state index contributed by atoms with van der Waals surface area (Å²) < 4.78 is 0. The molecule has 2 heterocycles. The van der Waals surface area contributed by atoms with E-state index in [4.69, 9.17) is 9.97 Å². The smallest absolute Gasteiger partial charge is 0.160 e. The highest BCUT2D eigenvalue weighted by molar-refractivity contribution is 7.99. The van der Waals surface area contributed by atoms with Crippen LogP contribution in [-0.4, -0.2) is 9.97 Å². The lowest BCUT2D eigenvalue weighted by atomic mass is 9.64. The molecule has 1 aliphatic heterocycles. The van der Waals surface area contributed by atoms with Gasteiger partial charge < -0.3 is 0 Å². The van der Waals surface area contributed by atoms with E-state index in [1.54, 1.807) is 0 Å². The largest absolute Gasteiger partial charge is 0.228 e. The minimum atomic E-state index is -0.447. The second kappa shape index (κ2) is 10.1. The van der Waals surface area contributed by atoms with Crippen LogP contribution in [0.5, 0.6) is 0 Å². The second-order valence-corrected chi connectivity index (χ2v) is 11.7. The van der Waals surface area contributed by atoms with Gasteiger partial charge in [-0.25, -0.2) is 9.97 Å². The van der Waals surface area contributed by atoms with Crippen molar-refractivity contribution in [2.24, 2.45) is 0 Å². The van der Waals surface area contributed by atoms with Gasteiger partial charge in [-0.1, -0.05) is 151 Å². The van der Waals surface area contributed by atoms with E-state index in [0.29, 0.717) is 0 Å². The first-order valence-electron chi connectivity index (χ1n) is 14.2. The van der Waals surface area contributed by atoms with Gasteiger partial charge in [0, 0.05) is 26.3 Å². The van der Waals surface area contributed by atoms with Gasteiger partial charge in [-0.05, 0) is 40.5 Å². The lowest BCUT2D eigenvalue weighted by Crippen LogP contribution is -2.34. The number of rotatable bonds is 4. The number of hydrogen-bond acceptors (Lipinski definition) is 3. The van der Waals surface area contributed by atoms with Gasteiger partial charge >= 0.3 is 0 Å². The zero-order valence-corrected chi connectivity index (χ0v) is 23.6. The Kier molecular flexibility index (Phi) is 5.98. The van der Waals surface area contributed by atoms with E-state index in [-0.39, 0.29) is 0 Å². The predicted molar refractivity (Wildman–Crippen MR) is 173 cm³/mol. The van der Waals surface area contributed by atoms with Crippen molar-refractivity contribution in [3.05, 3.63) is 180 Å². The van der Waals surface area contributed by atoms with Crippen molar-refractivity contribution in [1.82, 2.24) is 9.97 Å². The Morgan fingerprint density at radius 3 is 1.79 bits per heavy atom. The molecule has 0 unspecified atom stereocenters. The van der Waals surface area contributed by atoms with Crippen LogP contribution in [0.1, 0.15) is 22.3 Å². The number of aromatic nitrogens is 2. The molecular weight excluding hydrogens is 529 g/mol. The molecule has 0 aliphatic carbocycles.